The molecule has 3 rings (SSSR count). The van der Waals surface area contributed by atoms with Crippen LogP contribution in [0, 0.1) is 0 Å². The lowest BCUT2D eigenvalue weighted by Crippen LogP contribution is -2.46. The maximum atomic E-state index is 12.7. The molecule has 0 aromatic heterocycles. The van der Waals surface area contributed by atoms with Crippen LogP contribution in [0.4, 0.5) is 0 Å². The van der Waals surface area contributed by atoms with E-state index in [4.69, 9.17) is 9.47 Å². The van der Waals surface area contributed by atoms with Gasteiger partial charge in [-0.3, -0.25) is 4.79 Å². The molecule has 2 heterocycles. The lowest BCUT2D eigenvalue weighted by Gasteiger charge is -2.37. The maximum absolute atomic E-state index is 12.7. The summed E-state index contributed by atoms with van der Waals surface area (Å²) < 4.78 is 11.5. The van der Waals surface area contributed by atoms with E-state index in [0.29, 0.717) is 26.2 Å². The van der Waals surface area contributed by atoms with Crippen LogP contribution in [0.3, 0.4) is 0 Å². The molecule has 2 fully saturated rings. The van der Waals surface area contributed by atoms with Gasteiger partial charge in [0.05, 0.1) is 13.2 Å². The first kappa shape index (κ1) is 18.4. The minimum Gasteiger partial charge on any atom is -0.347 e. The van der Waals surface area contributed by atoms with Crippen molar-refractivity contribution in [3.05, 3.63) is 35.9 Å². The summed E-state index contributed by atoms with van der Waals surface area (Å²) in [4.78, 5) is 17.1. The summed E-state index contributed by atoms with van der Waals surface area (Å²) in [6.07, 6.45) is 2.37. The highest BCUT2D eigenvalue weighted by molar-refractivity contribution is 5.76. The molecule has 0 atom stereocenters. The Kier molecular flexibility index (Phi) is 6.10. The average Bonchev–Trinajstić information content (AvgIpc) is 3.08. The van der Waals surface area contributed by atoms with E-state index >= 15 is 0 Å². The molecule has 25 heavy (non-hydrogen) atoms. The van der Waals surface area contributed by atoms with Crippen LogP contribution >= 0.6 is 0 Å². The molecular formula is C20H30N2O3. The Hall–Kier alpha value is -1.43. The number of hydrogen-bond acceptors (Lipinski definition) is 4. The van der Waals surface area contributed by atoms with Gasteiger partial charge in [0.2, 0.25) is 5.91 Å². The molecule has 1 aromatic rings. The third-order valence-corrected chi connectivity index (χ3v) is 5.21. The largest absolute Gasteiger partial charge is 0.347 e. The van der Waals surface area contributed by atoms with Crippen LogP contribution in [0.2, 0.25) is 0 Å². The van der Waals surface area contributed by atoms with Crippen molar-refractivity contribution < 1.29 is 14.3 Å². The van der Waals surface area contributed by atoms with Gasteiger partial charge in [0, 0.05) is 51.5 Å². The molecule has 1 amide bonds. The van der Waals surface area contributed by atoms with E-state index in [2.05, 4.69) is 30.9 Å². The maximum Gasteiger partial charge on any atom is 0.224 e. The Bertz CT molecular complexity index is 545. The van der Waals surface area contributed by atoms with Crippen LogP contribution in [0.1, 0.15) is 38.7 Å². The van der Waals surface area contributed by atoms with Gasteiger partial charge in [0.25, 0.3) is 0 Å². The Balaban J connectivity index is 1.47. The molecule has 5 nitrogen and oxygen atoms in total. The van der Waals surface area contributed by atoms with Crippen molar-refractivity contribution in [1.29, 1.82) is 0 Å². The van der Waals surface area contributed by atoms with E-state index in [0.717, 1.165) is 32.5 Å². The molecule has 2 aliphatic rings. The number of carbonyl (C=O) groups is 1. The number of nitrogens with zero attached hydrogens (tertiary/aromatic N) is 2. The fourth-order valence-corrected chi connectivity index (χ4v) is 3.64. The van der Waals surface area contributed by atoms with Gasteiger partial charge in [-0.1, -0.05) is 30.3 Å². The lowest BCUT2D eigenvalue weighted by atomic mass is 10.0. The van der Waals surface area contributed by atoms with E-state index in [1.54, 1.807) is 0 Å². The molecule has 138 valence electrons. The van der Waals surface area contributed by atoms with Crippen molar-refractivity contribution in [2.75, 3.05) is 32.8 Å². The molecule has 0 unspecified atom stereocenters. The Morgan fingerprint density at radius 3 is 2.40 bits per heavy atom. The zero-order valence-electron chi connectivity index (χ0n) is 15.4. The van der Waals surface area contributed by atoms with Gasteiger partial charge in [-0.2, -0.15) is 0 Å². The second-order valence-electron chi connectivity index (χ2n) is 7.30. The van der Waals surface area contributed by atoms with Crippen LogP contribution in [-0.4, -0.2) is 60.4 Å². The van der Waals surface area contributed by atoms with Gasteiger partial charge in [-0.05, 0) is 19.4 Å². The van der Waals surface area contributed by atoms with E-state index < -0.39 is 0 Å². The number of benzene rings is 1. The van der Waals surface area contributed by atoms with Crippen molar-refractivity contribution in [3.8, 4) is 0 Å². The molecule has 2 saturated heterocycles. The second-order valence-corrected chi connectivity index (χ2v) is 7.30. The van der Waals surface area contributed by atoms with Gasteiger partial charge in [-0.15, -0.1) is 0 Å². The molecule has 2 aliphatic heterocycles. The van der Waals surface area contributed by atoms with Gasteiger partial charge in [-0.25, -0.2) is 0 Å². The van der Waals surface area contributed by atoms with E-state index in [1.807, 2.05) is 23.1 Å². The number of hydrogen-bond donors (Lipinski definition) is 0. The zero-order chi connectivity index (χ0) is 17.7. The zero-order valence-corrected chi connectivity index (χ0v) is 15.4. The van der Waals surface area contributed by atoms with Gasteiger partial charge < -0.3 is 19.3 Å². The minimum absolute atomic E-state index is 0.206. The molecule has 5 heteroatoms. The highest BCUT2D eigenvalue weighted by atomic mass is 16.7. The summed E-state index contributed by atoms with van der Waals surface area (Å²) in [5.74, 6) is -0.106. The molecular weight excluding hydrogens is 316 g/mol. The summed E-state index contributed by atoms with van der Waals surface area (Å²) in [6, 6.07) is 10.4. The van der Waals surface area contributed by atoms with E-state index in [9.17, 15) is 4.79 Å². The smallest absolute Gasteiger partial charge is 0.224 e. The summed E-state index contributed by atoms with van der Waals surface area (Å²) in [7, 11) is 0. The molecule has 0 bridgehead atoms. The average molecular weight is 346 g/mol. The first-order valence-corrected chi connectivity index (χ1v) is 9.42. The SMILES string of the molecule is CC(C)N(Cc1ccccc1)C(=O)CCN1CCC2(CC1)OCCO2. The monoisotopic (exact) mass is 346 g/mol. The summed E-state index contributed by atoms with van der Waals surface area (Å²) >= 11 is 0. The number of rotatable bonds is 6. The van der Waals surface area contributed by atoms with Crippen LogP contribution in [0.5, 0.6) is 0 Å². The topological polar surface area (TPSA) is 42.0 Å². The first-order chi connectivity index (χ1) is 12.1. The normalized spacial score (nSPS) is 20.3. The first-order valence-electron chi connectivity index (χ1n) is 9.42. The molecule has 1 spiro atoms. The number of ether oxygens (including phenoxy) is 2. The van der Waals surface area contributed by atoms with E-state index in [-0.39, 0.29) is 17.7 Å². The second kappa shape index (κ2) is 8.30. The highest BCUT2D eigenvalue weighted by Gasteiger charge is 2.39. The predicted molar refractivity (Wildman–Crippen MR) is 97.1 cm³/mol. The Labute approximate surface area is 150 Å². The molecule has 0 N–H and O–H groups in total. The van der Waals surface area contributed by atoms with Crippen molar-refractivity contribution in [1.82, 2.24) is 9.80 Å². The quantitative estimate of drug-likeness (QED) is 0.794. The third-order valence-electron chi connectivity index (χ3n) is 5.21. The predicted octanol–water partition coefficient (Wildman–Crippen LogP) is 2.65. The standard InChI is InChI=1S/C20H30N2O3/c1-17(2)22(16-18-6-4-3-5-7-18)19(23)8-11-21-12-9-20(10-13-21)24-14-15-25-20/h3-7,17H,8-16H2,1-2H3. The lowest BCUT2D eigenvalue weighted by molar-refractivity contribution is -0.185. The number of likely N-dealkylation sites (tertiary alicyclic amines) is 1. The fraction of sp³-hybridized carbons (Fsp3) is 0.650. The fourth-order valence-electron chi connectivity index (χ4n) is 3.64. The van der Waals surface area contributed by atoms with Crippen LogP contribution in [0.25, 0.3) is 0 Å². The summed E-state index contributed by atoms with van der Waals surface area (Å²) in [5, 5.41) is 0. The Morgan fingerprint density at radius 2 is 1.80 bits per heavy atom. The molecule has 0 radical (unpaired) electrons. The van der Waals surface area contributed by atoms with Crippen molar-refractivity contribution in [3.63, 3.8) is 0 Å². The minimum atomic E-state index is -0.336. The summed E-state index contributed by atoms with van der Waals surface area (Å²) in [6.45, 7) is 8.96. The number of amides is 1. The molecule has 0 saturated carbocycles. The van der Waals surface area contributed by atoms with Crippen molar-refractivity contribution >= 4 is 5.91 Å². The number of carbonyl (C=O) groups excluding carboxylic acids is 1. The number of piperidine rings is 1. The van der Waals surface area contributed by atoms with Crippen molar-refractivity contribution in [2.24, 2.45) is 0 Å². The Morgan fingerprint density at radius 1 is 1.16 bits per heavy atom. The molecule has 1 aromatic carbocycles. The van der Waals surface area contributed by atoms with E-state index in [1.165, 1.54) is 5.56 Å². The summed E-state index contributed by atoms with van der Waals surface area (Å²) in [5.41, 5.74) is 1.18. The van der Waals surface area contributed by atoms with Crippen LogP contribution < -0.4 is 0 Å². The third kappa shape index (κ3) is 4.81. The van der Waals surface area contributed by atoms with Gasteiger partial charge in [0.1, 0.15) is 0 Å². The van der Waals surface area contributed by atoms with Crippen LogP contribution in [0.15, 0.2) is 30.3 Å². The van der Waals surface area contributed by atoms with Gasteiger partial charge >= 0.3 is 0 Å². The molecule has 0 aliphatic carbocycles. The van der Waals surface area contributed by atoms with Crippen LogP contribution in [-0.2, 0) is 20.8 Å². The van der Waals surface area contributed by atoms with Gasteiger partial charge in [0.15, 0.2) is 5.79 Å². The highest BCUT2D eigenvalue weighted by Crippen LogP contribution is 2.31. The van der Waals surface area contributed by atoms with Crippen molar-refractivity contribution in [2.45, 2.75) is 51.5 Å².